The number of rotatable bonds is 6. The molecule has 2 aliphatic heterocycles. The lowest BCUT2D eigenvalue weighted by atomic mass is 10.00. The van der Waals surface area contributed by atoms with Gasteiger partial charge in [0, 0.05) is 49.8 Å². The monoisotopic (exact) mass is 520 g/mol. The molecule has 0 bridgehead atoms. The van der Waals surface area contributed by atoms with E-state index in [1.807, 2.05) is 26.2 Å². The number of thiazole rings is 1. The van der Waals surface area contributed by atoms with Gasteiger partial charge in [0.25, 0.3) is 5.91 Å². The Hall–Kier alpha value is -3.61. The van der Waals surface area contributed by atoms with Crippen LogP contribution in [0.1, 0.15) is 35.3 Å². The third kappa shape index (κ3) is 4.30. The van der Waals surface area contributed by atoms with Gasteiger partial charge in [0.1, 0.15) is 4.83 Å². The van der Waals surface area contributed by atoms with Crippen molar-refractivity contribution in [1.29, 1.82) is 0 Å². The van der Waals surface area contributed by atoms with Crippen LogP contribution >= 0.6 is 11.3 Å². The van der Waals surface area contributed by atoms with Gasteiger partial charge in [0.05, 0.1) is 52.6 Å². The Bertz CT molecular complexity index is 1510. The van der Waals surface area contributed by atoms with Crippen LogP contribution < -0.4 is 11.1 Å². The number of pyridine rings is 1. The number of fused-ring (bicyclic) bond motifs is 1. The van der Waals surface area contributed by atoms with E-state index in [4.69, 9.17) is 10.5 Å². The third-order valence-electron chi connectivity index (χ3n) is 7.16. The van der Waals surface area contributed by atoms with Crippen molar-refractivity contribution in [2.45, 2.75) is 31.8 Å². The smallest absolute Gasteiger partial charge is 0.253 e. The van der Waals surface area contributed by atoms with Crippen LogP contribution in [0.3, 0.4) is 0 Å². The lowest BCUT2D eigenvalue weighted by molar-refractivity contribution is -0.117. The number of primary amides is 1. The summed E-state index contributed by atoms with van der Waals surface area (Å²) in [6.45, 7) is 4.67. The van der Waals surface area contributed by atoms with E-state index in [0.717, 1.165) is 66.4 Å². The second-order valence-corrected chi connectivity index (χ2v) is 10.8. The molecule has 3 N–H and O–H groups in total. The zero-order valence-corrected chi connectivity index (χ0v) is 21.5. The Labute approximate surface area is 217 Å². The number of amides is 2. The molecule has 0 radical (unpaired) electrons. The van der Waals surface area contributed by atoms with Gasteiger partial charge in [-0.05, 0) is 32.3 Å². The minimum atomic E-state index is -0.539. The molecule has 6 rings (SSSR count). The Balaban J connectivity index is 1.32. The molecule has 0 saturated carbocycles. The molecule has 1 unspecified atom stereocenters. The van der Waals surface area contributed by atoms with E-state index < -0.39 is 5.91 Å². The van der Waals surface area contributed by atoms with Gasteiger partial charge in [-0.3, -0.25) is 24.2 Å². The van der Waals surface area contributed by atoms with Crippen molar-refractivity contribution in [3.8, 4) is 21.7 Å². The summed E-state index contributed by atoms with van der Waals surface area (Å²) in [7, 11) is 1.85. The van der Waals surface area contributed by atoms with Crippen LogP contribution in [-0.2, 0) is 16.6 Å². The van der Waals surface area contributed by atoms with Crippen LogP contribution in [0, 0.1) is 6.92 Å². The van der Waals surface area contributed by atoms with Crippen molar-refractivity contribution in [3.63, 3.8) is 0 Å². The fraction of sp³-hybridized carbons (Fsp3) is 0.400. The maximum absolute atomic E-state index is 12.9. The molecule has 2 saturated heterocycles. The van der Waals surface area contributed by atoms with Gasteiger partial charge in [-0.2, -0.15) is 10.2 Å². The number of ether oxygens (including phenoxy) is 1. The average molecular weight is 521 g/mol. The first-order valence-electron chi connectivity index (χ1n) is 12.2. The van der Waals surface area contributed by atoms with Crippen LogP contribution in [0.4, 0.5) is 5.69 Å². The quantitative estimate of drug-likeness (QED) is 0.399. The zero-order valence-electron chi connectivity index (χ0n) is 20.7. The van der Waals surface area contributed by atoms with Gasteiger partial charge < -0.3 is 15.8 Å². The summed E-state index contributed by atoms with van der Waals surface area (Å²) in [5, 5.41) is 11.8. The summed E-state index contributed by atoms with van der Waals surface area (Å²) < 4.78 is 9.41. The molecule has 11 nitrogen and oxygen atoms in total. The fourth-order valence-electron chi connectivity index (χ4n) is 5.36. The molecule has 192 valence electrons. The van der Waals surface area contributed by atoms with Crippen molar-refractivity contribution in [1.82, 2.24) is 29.3 Å². The first-order chi connectivity index (χ1) is 17.8. The summed E-state index contributed by atoms with van der Waals surface area (Å²) in [6, 6.07) is 1.90. The van der Waals surface area contributed by atoms with Gasteiger partial charge in [0.15, 0.2) is 0 Å². The second kappa shape index (κ2) is 9.05. The number of hydrogen-bond acceptors (Lipinski definition) is 8. The third-order valence-corrected chi connectivity index (χ3v) is 8.38. The Morgan fingerprint density at radius 1 is 1.24 bits per heavy atom. The van der Waals surface area contributed by atoms with E-state index in [-0.39, 0.29) is 11.5 Å². The number of nitrogens with one attached hydrogen (secondary N) is 1. The van der Waals surface area contributed by atoms with Crippen LogP contribution in [0.25, 0.3) is 26.5 Å². The van der Waals surface area contributed by atoms with Crippen LogP contribution in [0.15, 0.2) is 30.9 Å². The van der Waals surface area contributed by atoms with Crippen molar-refractivity contribution in [2.75, 3.05) is 31.6 Å². The number of aryl methyl sites for hydroxylation is 2. The molecule has 6 heterocycles. The van der Waals surface area contributed by atoms with E-state index >= 15 is 0 Å². The summed E-state index contributed by atoms with van der Waals surface area (Å²) in [5.74, 6) is -0.632. The van der Waals surface area contributed by atoms with Crippen LogP contribution in [-0.4, -0.2) is 72.9 Å². The van der Waals surface area contributed by atoms with Gasteiger partial charge >= 0.3 is 0 Å². The summed E-state index contributed by atoms with van der Waals surface area (Å²) >= 11 is 1.42. The zero-order chi connectivity index (χ0) is 25.7. The second-order valence-electron chi connectivity index (χ2n) is 9.82. The average Bonchev–Trinajstić information content (AvgIpc) is 3.66. The summed E-state index contributed by atoms with van der Waals surface area (Å²) in [4.78, 5) is 33.2. The number of likely N-dealkylation sites (tertiary alicyclic amines) is 1. The standard InChI is InChI=1S/C25H28N8O3S/c1-15-18(8-17(10-27-15)30-20(34)13-32-6-5-25(14-32)4-3-7-36-25)21-22(16-9-28-31(2)12-16)37-24-19(23(26)35)11-29-33(21)24/h8-12H,3-7,13-14H2,1-2H3,(H2,26,35)(H,30,34). The molecule has 2 amide bonds. The highest BCUT2D eigenvalue weighted by Crippen LogP contribution is 2.41. The minimum absolute atomic E-state index is 0.0700. The van der Waals surface area contributed by atoms with E-state index in [0.29, 0.717) is 22.6 Å². The highest BCUT2D eigenvalue weighted by molar-refractivity contribution is 7.21. The Kier molecular flexibility index (Phi) is 5.81. The van der Waals surface area contributed by atoms with Crippen molar-refractivity contribution in [2.24, 2.45) is 12.8 Å². The number of aromatic nitrogens is 5. The molecule has 1 atom stereocenters. The molecule has 2 aliphatic rings. The van der Waals surface area contributed by atoms with E-state index in [1.165, 1.54) is 17.5 Å². The lowest BCUT2D eigenvalue weighted by Gasteiger charge is -2.23. The number of nitrogens with two attached hydrogens (primary N) is 1. The Morgan fingerprint density at radius 3 is 2.84 bits per heavy atom. The number of hydrogen-bond donors (Lipinski definition) is 2. The summed E-state index contributed by atoms with van der Waals surface area (Å²) in [6.07, 6.45) is 9.94. The molecule has 4 aromatic rings. The van der Waals surface area contributed by atoms with Crippen LogP contribution in [0.5, 0.6) is 0 Å². The highest BCUT2D eigenvalue weighted by Gasteiger charge is 2.41. The number of anilines is 1. The predicted molar refractivity (Wildman–Crippen MR) is 139 cm³/mol. The van der Waals surface area contributed by atoms with Crippen molar-refractivity contribution >= 4 is 33.7 Å². The minimum Gasteiger partial charge on any atom is -0.374 e. The molecule has 12 heteroatoms. The van der Waals surface area contributed by atoms with Gasteiger partial charge in [0.2, 0.25) is 5.91 Å². The van der Waals surface area contributed by atoms with Gasteiger partial charge in [-0.25, -0.2) is 4.52 Å². The van der Waals surface area contributed by atoms with E-state index in [1.54, 1.807) is 21.6 Å². The first kappa shape index (κ1) is 23.8. The molecular formula is C25H28N8O3S. The molecule has 37 heavy (non-hydrogen) atoms. The molecular weight excluding hydrogens is 492 g/mol. The molecule has 2 fully saturated rings. The molecule has 1 spiro atoms. The highest BCUT2D eigenvalue weighted by atomic mass is 32.1. The van der Waals surface area contributed by atoms with E-state index in [2.05, 4.69) is 25.4 Å². The topological polar surface area (TPSA) is 133 Å². The van der Waals surface area contributed by atoms with Gasteiger partial charge in [-0.15, -0.1) is 11.3 Å². The SMILES string of the molecule is Cc1ncc(NC(=O)CN2CCC3(CCCO3)C2)cc1-c1c(-c2cnn(C)c2)sc2c(C(N)=O)cnn12. The normalized spacial score (nSPS) is 19.8. The number of carbonyl (C=O) groups excluding carboxylic acids is 2. The maximum Gasteiger partial charge on any atom is 0.253 e. The summed E-state index contributed by atoms with van der Waals surface area (Å²) in [5.41, 5.74) is 9.69. The number of nitrogens with zero attached hydrogens (tertiary/aromatic N) is 6. The van der Waals surface area contributed by atoms with Gasteiger partial charge in [-0.1, -0.05) is 0 Å². The molecule has 0 aromatic carbocycles. The largest absolute Gasteiger partial charge is 0.374 e. The lowest BCUT2D eigenvalue weighted by Crippen LogP contribution is -2.36. The first-order valence-corrected chi connectivity index (χ1v) is 13.1. The van der Waals surface area contributed by atoms with Crippen molar-refractivity contribution < 1.29 is 14.3 Å². The Morgan fingerprint density at radius 2 is 2.11 bits per heavy atom. The fourth-order valence-corrected chi connectivity index (χ4v) is 6.56. The molecule has 4 aromatic heterocycles. The van der Waals surface area contributed by atoms with E-state index in [9.17, 15) is 9.59 Å². The van der Waals surface area contributed by atoms with Crippen molar-refractivity contribution in [3.05, 3.63) is 42.1 Å². The number of carbonyl (C=O) groups is 2. The van der Waals surface area contributed by atoms with Crippen LogP contribution in [0.2, 0.25) is 0 Å². The predicted octanol–water partition coefficient (Wildman–Crippen LogP) is 2.46. The maximum atomic E-state index is 12.9. The molecule has 0 aliphatic carbocycles.